The molecule has 3 aromatic rings. The Morgan fingerprint density at radius 3 is 2.46 bits per heavy atom. The van der Waals surface area contributed by atoms with Crippen LogP contribution in [0.1, 0.15) is 25.3 Å². The molecule has 0 saturated carbocycles. The van der Waals surface area contributed by atoms with E-state index >= 15 is 0 Å². The van der Waals surface area contributed by atoms with E-state index < -0.39 is 10.0 Å². The van der Waals surface area contributed by atoms with Crippen molar-refractivity contribution in [2.75, 3.05) is 11.8 Å². The fourth-order valence-corrected chi connectivity index (χ4v) is 4.41. The number of benzene rings is 2. The summed E-state index contributed by atoms with van der Waals surface area (Å²) in [6.07, 6.45) is 0. The van der Waals surface area contributed by atoms with Gasteiger partial charge in [-0.2, -0.15) is 0 Å². The predicted molar refractivity (Wildman–Crippen MR) is 97.5 cm³/mol. The third-order valence-electron chi connectivity index (χ3n) is 3.67. The molecule has 0 amide bonds. The molecule has 1 N–H and O–H groups in total. The molecule has 0 saturated heterocycles. The SMILES string of the molecule is COc1ccc2nc(NS(=O)(=O)c3ccc(C(C)C)cc3)sc2c1. The van der Waals surface area contributed by atoms with Crippen molar-refractivity contribution in [3.63, 3.8) is 0 Å². The molecule has 0 radical (unpaired) electrons. The number of hydrogen-bond acceptors (Lipinski definition) is 5. The second-order valence-corrected chi connectivity index (χ2v) is 8.39. The van der Waals surface area contributed by atoms with Crippen LogP contribution in [0.15, 0.2) is 47.4 Å². The first-order chi connectivity index (χ1) is 11.4. The average molecular weight is 362 g/mol. The van der Waals surface area contributed by atoms with Crippen LogP contribution in [0.2, 0.25) is 0 Å². The fourth-order valence-electron chi connectivity index (χ4n) is 2.28. The lowest BCUT2D eigenvalue weighted by molar-refractivity contribution is 0.415. The molecule has 2 aromatic carbocycles. The highest BCUT2D eigenvalue weighted by molar-refractivity contribution is 7.93. The quantitative estimate of drug-likeness (QED) is 0.737. The third kappa shape index (κ3) is 3.37. The van der Waals surface area contributed by atoms with Gasteiger partial charge in [-0.25, -0.2) is 13.4 Å². The van der Waals surface area contributed by atoms with Crippen molar-refractivity contribution < 1.29 is 13.2 Å². The van der Waals surface area contributed by atoms with Crippen molar-refractivity contribution in [1.29, 1.82) is 0 Å². The van der Waals surface area contributed by atoms with Crippen molar-refractivity contribution >= 4 is 36.7 Å². The molecule has 0 atom stereocenters. The van der Waals surface area contributed by atoms with Crippen molar-refractivity contribution in [2.45, 2.75) is 24.7 Å². The molecule has 1 heterocycles. The van der Waals surface area contributed by atoms with Gasteiger partial charge in [-0.1, -0.05) is 37.3 Å². The van der Waals surface area contributed by atoms with Gasteiger partial charge in [0.2, 0.25) is 0 Å². The number of nitrogens with one attached hydrogen (secondary N) is 1. The molecule has 0 fully saturated rings. The predicted octanol–water partition coefficient (Wildman–Crippen LogP) is 4.23. The van der Waals surface area contributed by atoms with Gasteiger partial charge in [0.15, 0.2) is 5.13 Å². The Hall–Kier alpha value is -2.12. The van der Waals surface area contributed by atoms with Gasteiger partial charge in [0, 0.05) is 0 Å². The third-order valence-corrected chi connectivity index (χ3v) is 6.09. The van der Waals surface area contributed by atoms with Crippen LogP contribution in [0.5, 0.6) is 5.75 Å². The van der Waals surface area contributed by atoms with E-state index in [0.29, 0.717) is 16.8 Å². The molecular weight excluding hydrogens is 344 g/mol. The molecule has 126 valence electrons. The van der Waals surface area contributed by atoms with Crippen LogP contribution in [0.3, 0.4) is 0 Å². The summed E-state index contributed by atoms with van der Waals surface area (Å²) in [5, 5.41) is 0.339. The van der Waals surface area contributed by atoms with Crippen molar-refractivity contribution in [1.82, 2.24) is 4.98 Å². The van der Waals surface area contributed by atoms with Crippen LogP contribution >= 0.6 is 11.3 Å². The average Bonchev–Trinajstić information content (AvgIpc) is 2.95. The van der Waals surface area contributed by atoms with E-state index in [1.165, 1.54) is 11.3 Å². The summed E-state index contributed by atoms with van der Waals surface area (Å²) in [5.41, 5.74) is 1.83. The lowest BCUT2D eigenvalue weighted by Crippen LogP contribution is -2.12. The summed E-state index contributed by atoms with van der Waals surface area (Å²) < 4.78 is 33.6. The maximum absolute atomic E-state index is 12.5. The van der Waals surface area contributed by atoms with Crippen LogP contribution in [0, 0.1) is 0 Å². The van der Waals surface area contributed by atoms with E-state index in [2.05, 4.69) is 23.6 Å². The van der Waals surface area contributed by atoms with E-state index in [-0.39, 0.29) is 4.90 Å². The summed E-state index contributed by atoms with van der Waals surface area (Å²) in [4.78, 5) is 4.54. The van der Waals surface area contributed by atoms with Crippen LogP contribution in [0.4, 0.5) is 5.13 Å². The summed E-state index contributed by atoms with van der Waals surface area (Å²) in [6, 6.07) is 12.3. The second kappa shape index (κ2) is 6.41. The molecule has 7 heteroatoms. The number of thiazole rings is 1. The summed E-state index contributed by atoms with van der Waals surface area (Å²) in [6.45, 7) is 4.13. The fraction of sp³-hybridized carbons (Fsp3) is 0.235. The van der Waals surface area contributed by atoms with Gasteiger partial charge < -0.3 is 4.74 Å². The van der Waals surface area contributed by atoms with Crippen molar-refractivity contribution in [3.05, 3.63) is 48.0 Å². The van der Waals surface area contributed by atoms with Crippen LogP contribution in [-0.4, -0.2) is 20.5 Å². The van der Waals surface area contributed by atoms with Gasteiger partial charge in [0.05, 0.1) is 22.2 Å². The number of sulfonamides is 1. The Morgan fingerprint density at radius 2 is 1.83 bits per heavy atom. The Morgan fingerprint density at radius 1 is 1.12 bits per heavy atom. The van der Waals surface area contributed by atoms with Crippen LogP contribution in [-0.2, 0) is 10.0 Å². The number of fused-ring (bicyclic) bond motifs is 1. The maximum atomic E-state index is 12.5. The number of hydrogen-bond donors (Lipinski definition) is 1. The lowest BCUT2D eigenvalue weighted by Gasteiger charge is -2.08. The van der Waals surface area contributed by atoms with E-state index in [0.717, 1.165) is 15.8 Å². The molecule has 0 bridgehead atoms. The molecule has 5 nitrogen and oxygen atoms in total. The molecule has 0 spiro atoms. The normalized spacial score (nSPS) is 11.8. The smallest absolute Gasteiger partial charge is 0.263 e. The van der Waals surface area contributed by atoms with Crippen LogP contribution < -0.4 is 9.46 Å². The minimum absolute atomic E-state index is 0.226. The van der Waals surface area contributed by atoms with Gasteiger partial charge in [0.1, 0.15) is 5.75 Å². The number of methoxy groups -OCH3 is 1. The van der Waals surface area contributed by atoms with Gasteiger partial charge in [-0.15, -0.1) is 0 Å². The number of ether oxygens (including phenoxy) is 1. The molecule has 24 heavy (non-hydrogen) atoms. The van der Waals surface area contributed by atoms with Gasteiger partial charge >= 0.3 is 0 Å². The molecule has 0 aliphatic carbocycles. The highest BCUT2D eigenvalue weighted by Crippen LogP contribution is 2.30. The molecule has 0 aliphatic heterocycles. The molecule has 0 unspecified atom stereocenters. The lowest BCUT2D eigenvalue weighted by atomic mass is 10.0. The first-order valence-corrected chi connectivity index (χ1v) is 9.76. The van der Waals surface area contributed by atoms with E-state index in [1.54, 1.807) is 31.4 Å². The number of anilines is 1. The largest absolute Gasteiger partial charge is 0.497 e. The van der Waals surface area contributed by atoms with Gasteiger partial charge in [-0.05, 0) is 41.8 Å². The minimum Gasteiger partial charge on any atom is -0.497 e. The van der Waals surface area contributed by atoms with Gasteiger partial charge in [-0.3, -0.25) is 4.72 Å². The maximum Gasteiger partial charge on any atom is 0.263 e. The highest BCUT2D eigenvalue weighted by atomic mass is 32.2. The van der Waals surface area contributed by atoms with Gasteiger partial charge in [0.25, 0.3) is 10.0 Å². The van der Waals surface area contributed by atoms with Crippen molar-refractivity contribution in [2.24, 2.45) is 0 Å². The Bertz CT molecular complexity index is 961. The molecular formula is C17H18N2O3S2. The first-order valence-electron chi connectivity index (χ1n) is 7.46. The zero-order valence-electron chi connectivity index (χ0n) is 13.6. The standard InChI is InChI=1S/C17H18N2O3S2/c1-11(2)12-4-7-14(8-5-12)24(20,21)19-17-18-15-9-6-13(22-3)10-16(15)23-17/h4-11H,1-3H3,(H,18,19). The highest BCUT2D eigenvalue weighted by Gasteiger charge is 2.17. The van der Waals surface area contributed by atoms with Crippen LogP contribution in [0.25, 0.3) is 10.2 Å². The number of aromatic nitrogens is 1. The Kier molecular flexibility index (Phi) is 4.47. The summed E-state index contributed by atoms with van der Waals surface area (Å²) in [5.74, 6) is 1.07. The zero-order chi connectivity index (χ0) is 17.3. The zero-order valence-corrected chi connectivity index (χ0v) is 15.2. The molecule has 3 rings (SSSR count). The summed E-state index contributed by atoms with van der Waals surface area (Å²) >= 11 is 1.28. The monoisotopic (exact) mass is 362 g/mol. The summed E-state index contributed by atoms with van der Waals surface area (Å²) in [7, 11) is -2.06. The van der Waals surface area contributed by atoms with E-state index in [4.69, 9.17) is 4.74 Å². The van der Waals surface area contributed by atoms with E-state index in [1.807, 2.05) is 18.2 Å². The number of nitrogens with zero attached hydrogens (tertiary/aromatic N) is 1. The van der Waals surface area contributed by atoms with Crippen molar-refractivity contribution in [3.8, 4) is 5.75 Å². The van der Waals surface area contributed by atoms with E-state index in [9.17, 15) is 8.42 Å². The Balaban J connectivity index is 1.88. The molecule has 0 aliphatic rings. The molecule has 1 aromatic heterocycles. The number of rotatable bonds is 5. The minimum atomic E-state index is -3.65. The second-order valence-electron chi connectivity index (χ2n) is 5.68. The Labute approximate surface area is 145 Å². The first kappa shape index (κ1) is 16.7. The topological polar surface area (TPSA) is 68.3 Å².